The summed E-state index contributed by atoms with van der Waals surface area (Å²) >= 11 is 0. The maximum atomic E-state index is 13.2. The molecule has 12 heteroatoms. The zero-order chi connectivity index (χ0) is 29.1. The average Bonchev–Trinajstić information content (AvgIpc) is 3.29. The van der Waals surface area contributed by atoms with E-state index < -0.39 is 30.4 Å². The summed E-state index contributed by atoms with van der Waals surface area (Å²) in [6, 6.07) is 14.5. The largest absolute Gasteiger partial charge is 0.495 e. The number of para-hydroxylation sites is 1. The molecule has 5 rings (SSSR count). The van der Waals surface area contributed by atoms with E-state index in [4.69, 9.17) is 14.2 Å². The zero-order valence-corrected chi connectivity index (χ0v) is 21.8. The molecule has 2 aliphatic rings. The topological polar surface area (TPSA) is 123 Å². The minimum atomic E-state index is -2.69. The highest BCUT2D eigenvalue weighted by molar-refractivity contribution is 6.06. The van der Waals surface area contributed by atoms with Gasteiger partial charge in [-0.05, 0) is 48.4 Å². The number of carbonyl (C=O) groups is 4. The smallest absolute Gasteiger partial charge is 0.411 e. The second-order valence-corrected chi connectivity index (χ2v) is 9.36. The van der Waals surface area contributed by atoms with E-state index in [-0.39, 0.29) is 54.5 Å². The predicted molar refractivity (Wildman–Crippen MR) is 141 cm³/mol. The molecule has 2 heterocycles. The molecule has 2 aliphatic heterocycles. The highest BCUT2D eigenvalue weighted by atomic mass is 19.3. The Morgan fingerprint density at radius 3 is 2.54 bits per heavy atom. The molecule has 0 bridgehead atoms. The molecule has 0 aliphatic carbocycles. The summed E-state index contributed by atoms with van der Waals surface area (Å²) in [6.07, 6.45) is -3.09. The second-order valence-electron chi connectivity index (χ2n) is 9.36. The van der Waals surface area contributed by atoms with Crippen molar-refractivity contribution in [3.63, 3.8) is 0 Å². The lowest BCUT2D eigenvalue weighted by molar-refractivity contribution is -0.136. The molecule has 1 unspecified atom stereocenters. The first-order chi connectivity index (χ1) is 19.7. The Labute approximate surface area is 233 Å². The number of amides is 4. The lowest BCUT2D eigenvalue weighted by Crippen LogP contribution is -2.52. The van der Waals surface area contributed by atoms with Crippen LogP contribution < -0.4 is 20.1 Å². The summed E-state index contributed by atoms with van der Waals surface area (Å²) in [5.74, 6) is -0.720. The van der Waals surface area contributed by atoms with E-state index in [0.29, 0.717) is 22.6 Å². The Hall–Kier alpha value is -5.00. The molecule has 0 aromatic heterocycles. The van der Waals surface area contributed by atoms with Crippen LogP contribution in [0.4, 0.5) is 19.3 Å². The number of methoxy groups -OCH3 is 1. The number of hydrogen-bond donors (Lipinski definition) is 2. The van der Waals surface area contributed by atoms with E-state index in [9.17, 15) is 28.0 Å². The van der Waals surface area contributed by atoms with Crippen LogP contribution in [-0.4, -0.2) is 41.9 Å². The first-order valence-electron chi connectivity index (χ1n) is 12.7. The summed E-state index contributed by atoms with van der Waals surface area (Å²) in [4.78, 5) is 50.9. The lowest BCUT2D eigenvalue weighted by Gasteiger charge is -2.29. The summed E-state index contributed by atoms with van der Waals surface area (Å²) in [7, 11) is 1.39. The van der Waals surface area contributed by atoms with Gasteiger partial charge >= 0.3 is 6.09 Å². The molecule has 212 valence electrons. The average molecular weight is 566 g/mol. The van der Waals surface area contributed by atoms with E-state index in [1.807, 2.05) is 0 Å². The van der Waals surface area contributed by atoms with Crippen LogP contribution >= 0.6 is 0 Å². The first-order valence-corrected chi connectivity index (χ1v) is 12.7. The second kappa shape index (κ2) is 11.6. The molecule has 10 nitrogen and oxygen atoms in total. The van der Waals surface area contributed by atoms with Crippen LogP contribution in [0.1, 0.15) is 46.3 Å². The number of hydrogen-bond acceptors (Lipinski definition) is 7. The van der Waals surface area contributed by atoms with Crippen LogP contribution in [0.5, 0.6) is 17.2 Å². The minimum Gasteiger partial charge on any atom is -0.495 e. The molecule has 1 atom stereocenters. The number of anilines is 1. The van der Waals surface area contributed by atoms with Gasteiger partial charge in [-0.2, -0.15) is 0 Å². The number of piperidine rings is 1. The molecule has 1 fully saturated rings. The van der Waals surface area contributed by atoms with Crippen LogP contribution in [0.25, 0.3) is 0 Å². The summed E-state index contributed by atoms with van der Waals surface area (Å²) in [5.41, 5.74) is 1.53. The van der Waals surface area contributed by atoms with Crippen LogP contribution in [0.15, 0.2) is 60.7 Å². The summed E-state index contributed by atoms with van der Waals surface area (Å²) in [5, 5.41) is 4.83. The Morgan fingerprint density at radius 1 is 1.07 bits per heavy atom. The van der Waals surface area contributed by atoms with Crippen molar-refractivity contribution in [2.75, 3.05) is 12.4 Å². The van der Waals surface area contributed by atoms with Crippen LogP contribution in [0, 0.1) is 0 Å². The molecule has 3 aromatic rings. The van der Waals surface area contributed by atoms with Gasteiger partial charge in [-0.3, -0.25) is 25.0 Å². The summed E-state index contributed by atoms with van der Waals surface area (Å²) < 4.78 is 42.8. The molecule has 0 radical (unpaired) electrons. The van der Waals surface area contributed by atoms with Crippen molar-refractivity contribution in [2.45, 2.75) is 38.5 Å². The molecular formula is C29H25F2N3O7. The number of nitrogens with one attached hydrogen (secondary N) is 2. The van der Waals surface area contributed by atoms with Crippen LogP contribution in [0.3, 0.4) is 0 Å². The van der Waals surface area contributed by atoms with Crippen molar-refractivity contribution >= 4 is 29.5 Å². The Balaban J connectivity index is 1.21. The third-order valence-corrected chi connectivity index (χ3v) is 6.77. The standard InChI is InChI=1S/C29H25F2N3O7/c1-39-25-17(7-6-16-14-34(28(37)24(16)25)21-12-13-23(35)33-27(21)36)15-40-29(38)32-18-8-10-19(11-9-18)41-22-5-3-2-4-20(22)26(30)31/h2-11,21,26H,12-15H2,1H3,(H,32,38)(H,33,35,36). The molecule has 2 N–H and O–H groups in total. The molecule has 3 aromatic carbocycles. The number of imide groups is 1. The molecule has 41 heavy (non-hydrogen) atoms. The molecule has 4 amide bonds. The number of nitrogens with zero attached hydrogens (tertiary/aromatic N) is 1. The van der Waals surface area contributed by atoms with E-state index in [2.05, 4.69) is 10.6 Å². The number of halogens is 2. The molecule has 0 spiro atoms. The fourth-order valence-corrected chi connectivity index (χ4v) is 4.79. The fraction of sp³-hybridized carbons (Fsp3) is 0.241. The van der Waals surface area contributed by atoms with Crippen molar-refractivity contribution in [3.8, 4) is 17.2 Å². The minimum absolute atomic E-state index is 0.0321. The third kappa shape index (κ3) is 5.81. The van der Waals surface area contributed by atoms with Crippen molar-refractivity contribution in [1.82, 2.24) is 10.2 Å². The quantitative estimate of drug-likeness (QED) is 0.371. The van der Waals surface area contributed by atoms with E-state index in [0.717, 1.165) is 0 Å². The Kier molecular flexibility index (Phi) is 7.81. The molecule has 0 saturated carbocycles. The number of ether oxygens (including phenoxy) is 3. The maximum absolute atomic E-state index is 13.2. The highest BCUT2D eigenvalue weighted by Gasteiger charge is 2.41. The maximum Gasteiger partial charge on any atom is 0.411 e. The monoisotopic (exact) mass is 565 g/mol. The van der Waals surface area contributed by atoms with Crippen molar-refractivity contribution in [3.05, 3.63) is 82.9 Å². The van der Waals surface area contributed by atoms with E-state index in [1.54, 1.807) is 18.2 Å². The first kappa shape index (κ1) is 27.6. The zero-order valence-electron chi connectivity index (χ0n) is 21.8. The lowest BCUT2D eigenvalue weighted by atomic mass is 10.0. The predicted octanol–water partition coefficient (Wildman–Crippen LogP) is 4.93. The van der Waals surface area contributed by atoms with Crippen molar-refractivity contribution < 1.29 is 42.2 Å². The van der Waals surface area contributed by atoms with Crippen LogP contribution in [0.2, 0.25) is 0 Å². The van der Waals surface area contributed by atoms with Gasteiger partial charge in [0, 0.05) is 24.2 Å². The number of carbonyl (C=O) groups excluding carboxylic acids is 4. The van der Waals surface area contributed by atoms with E-state index >= 15 is 0 Å². The van der Waals surface area contributed by atoms with Gasteiger partial charge in [-0.25, -0.2) is 13.6 Å². The van der Waals surface area contributed by atoms with Crippen molar-refractivity contribution in [2.24, 2.45) is 0 Å². The van der Waals surface area contributed by atoms with Gasteiger partial charge < -0.3 is 19.1 Å². The third-order valence-electron chi connectivity index (χ3n) is 6.77. The molecular weight excluding hydrogens is 540 g/mol. The SMILES string of the molecule is COc1c(COC(=O)Nc2ccc(Oc3ccccc3C(F)F)cc2)ccc2c1C(=O)N(C1CCC(=O)NC1=O)C2. The number of fused-ring (bicyclic) bond motifs is 1. The molecule has 1 saturated heterocycles. The fourth-order valence-electron chi connectivity index (χ4n) is 4.79. The Bertz CT molecular complexity index is 1510. The van der Waals surface area contributed by atoms with Crippen LogP contribution in [-0.2, 0) is 27.5 Å². The number of benzene rings is 3. The van der Waals surface area contributed by atoms with Gasteiger partial charge in [-0.1, -0.05) is 24.3 Å². The van der Waals surface area contributed by atoms with Gasteiger partial charge in [0.05, 0.1) is 18.2 Å². The van der Waals surface area contributed by atoms with Gasteiger partial charge in [-0.15, -0.1) is 0 Å². The van der Waals surface area contributed by atoms with Gasteiger partial charge in [0.2, 0.25) is 11.8 Å². The normalized spacial score (nSPS) is 16.3. The number of alkyl halides is 2. The number of rotatable bonds is 8. The van der Waals surface area contributed by atoms with E-state index in [1.165, 1.54) is 54.5 Å². The Morgan fingerprint density at radius 2 is 1.83 bits per heavy atom. The van der Waals surface area contributed by atoms with Crippen molar-refractivity contribution in [1.29, 1.82) is 0 Å². The van der Waals surface area contributed by atoms with Gasteiger partial charge in [0.25, 0.3) is 12.3 Å². The van der Waals surface area contributed by atoms with Gasteiger partial charge in [0.15, 0.2) is 0 Å². The highest BCUT2D eigenvalue weighted by Crippen LogP contribution is 2.36. The van der Waals surface area contributed by atoms with Gasteiger partial charge in [0.1, 0.15) is 29.9 Å². The summed E-state index contributed by atoms with van der Waals surface area (Å²) in [6.45, 7) is -0.0224.